The van der Waals surface area contributed by atoms with Crippen molar-refractivity contribution in [2.75, 3.05) is 36.4 Å². The number of carbonyl (C=O) groups is 2. The first-order valence-electron chi connectivity index (χ1n) is 11.8. The molecular weight excluding hydrogens is 468 g/mol. The second-order valence-corrected chi connectivity index (χ2v) is 9.45. The third kappa shape index (κ3) is 4.54. The molecule has 0 radical (unpaired) electrons. The average Bonchev–Trinajstić information content (AvgIpc) is 3.49. The molecule has 0 unspecified atom stereocenters. The van der Waals surface area contributed by atoms with Crippen LogP contribution >= 0.6 is 11.6 Å². The SMILES string of the molecule is O=C1NC(=O)/C(=C/c2cnn3c(NC4CC4)cc(Cc4ccc(N5CCNCC5)cc4Cl)nc23)N1. The fraction of sp³-hybridized carbons (Fsp3) is 0.333. The van der Waals surface area contributed by atoms with Crippen LogP contribution in [-0.4, -0.2) is 58.8 Å². The molecule has 1 aromatic carbocycles. The van der Waals surface area contributed by atoms with Gasteiger partial charge in [-0.05, 0) is 36.6 Å². The Balaban J connectivity index is 1.34. The van der Waals surface area contributed by atoms with E-state index in [0.29, 0.717) is 28.7 Å². The second-order valence-electron chi connectivity index (χ2n) is 9.04. The van der Waals surface area contributed by atoms with Crippen LogP contribution in [0.3, 0.4) is 0 Å². The van der Waals surface area contributed by atoms with E-state index < -0.39 is 11.9 Å². The third-order valence-electron chi connectivity index (χ3n) is 6.39. The average molecular weight is 493 g/mol. The number of imide groups is 1. The lowest BCUT2D eigenvalue weighted by Crippen LogP contribution is -2.43. The van der Waals surface area contributed by atoms with Gasteiger partial charge in [-0.25, -0.2) is 9.78 Å². The van der Waals surface area contributed by atoms with E-state index >= 15 is 0 Å². The number of hydrogen-bond acceptors (Lipinski definition) is 7. The summed E-state index contributed by atoms with van der Waals surface area (Å²) in [5.41, 5.74) is 4.35. The number of carbonyl (C=O) groups excluding carboxylic acids is 2. The fourth-order valence-electron chi connectivity index (χ4n) is 4.39. The summed E-state index contributed by atoms with van der Waals surface area (Å²) in [6.45, 7) is 3.86. The summed E-state index contributed by atoms with van der Waals surface area (Å²) in [6.07, 6.45) is 6.01. The number of anilines is 2. The van der Waals surface area contributed by atoms with E-state index in [9.17, 15) is 9.59 Å². The molecule has 1 aliphatic carbocycles. The van der Waals surface area contributed by atoms with Gasteiger partial charge in [-0.2, -0.15) is 9.61 Å². The minimum atomic E-state index is -0.540. The Morgan fingerprint density at radius 1 is 1.14 bits per heavy atom. The molecule has 3 aliphatic rings. The van der Waals surface area contributed by atoms with Gasteiger partial charge >= 0.3 is 6.03 Å². The van der Waals surface area contributed by atoms with Crippen LogP contribution in [0.4, 0.5) is 16.3 Å². The van der Waals surface area contributed by atoms with Crippen molar-refractivity contribution in [2.24, 2.45) is 0 Å². The van der Waals surface area contributed by atoms with E-state index in [1.54, 1.807) is 16.8 Å². The van der Waals surface area contributed by atoms with Gasteiger partial charge < -0.3 is 20.9 Å². The van der Waals surface area contributed by atoms with Crippen molar-refractivity contribution in [2.45, 2.75) is 25.3 Å². The molecular formula is C24H25ClN8O2. The van der Waals surface area contributed by atoms with Gasteiger partial charge in [0, 0.05) is 61.0 Å². The number of benzene rings is 1. The van der Waals surface area contributed by atoms with Gasteiger partial charge in [0.05, 0.1) is 11.9 Å². The summed E-state index contributed by atoms with van der Waals surface area (Å²) in [4.78, 5) is 30.7. The van der Waals surface area contributed by atoms with Crippen molar-refractivity contribution < 1.29 is 9.59 Å². The van der Waals surface area contributed by atoms with Gasteiger partial charge in [0.15, 0.2) is 5.65 Å². The maximum Gasteiger partial charge on any atom is 0.326 e. The Hall–Kier alpha value is -3.63. The van der Waals surface area contributed by atoms with Crippen LogP contribution in [0.5, 0.6) is 0 Å². The second kappa shape index (κ2) is 8.86. The van der Waals surface area contributed by atoms with Gasteiger partial charge in [-0.3, -0.25) is 10.1 Å². The van der Waals surface area contributed by atoms with Gasteiger partial charge in [-0.15, -0.1) is 0 Å². The molecule has 0 spiro atoms. The molecule has 2 saturated heterocycles. The first kappa shape index (κ1) is 21.9. The van der Waals surface area contributed by atoms with Crippen molar-refractivity contribution in [3.05, 3.63) is 58.0 Å². The number of halogens is 1. The Bertz CT molecular complexity index is 1360. The summed E-state index contributed by atoms with van der Waals surface area (Å²) >= 11 is 6.71. The van der Waals surface area contributed by atoms with Gasteiger partial charge in [-0.1, -0.05) is 17.7 Å². The van der Waals surface area contributed by atoms with Gasteiger partial charge in [0.2, 0.25) is 0 Å². The minimum absolute atomic E-state index is 0.167. The largest absolute Gasteiger partial charge is 0.369 e. The van der Waals surface area contributed by atoms with Crippen LogP contribution < -0.4 is 26.2 Å². The van der Waals surface area contributed by atoms with E-state index in [-0.39, 0.29) is 5.70 Å². The summed E-state index contributed by atoms with van der Waals surface area (Å²) < 4.78 is 1.73. The molecule has 180 valence electrons. The van der Waals surface area contributed by atoms with Gasteiger partial charge in [0.1, 0.15) is 11.5 Å². The van der Waals surface area contributed by atoms with Crippen LogP contribution in [0.25, 0.3) is 11.7 Å². The zero-order chi connectivity index (χ0) is 23.9. The monoisotopic (exact) mass is 492 g/mol. The molecule has 6 rings (SSSR count). The van der Waals surface area contributed by atoms with E-state index in [0.717, 1.165) is 61.8 Å². The lowest BCUT2D eigenvalue weighted by Gasteiger charge is -2.29. The lowest BCUT2D eigenvalue weighted by atomic mass is 10.1. The van der Waals surface area contributed by atoms with Crippen molar-refractivity contribution in [3.63, 3.8) is 0 Å². The van der Waals surface area contributed by atoms with Crippen molar-refractivity contribution >= 4 is 46.8 Å². The Morgan fingerprint density at radius 3 is 2.69 bits per heavy atom. The third-order valence-corrected chi connectivity index (χ3v) is 6.74. The van der Waals surface area contributed by atoms with E-state index in [4.69, 9.17) is 16.6 Å². The van der Waals surface area contributed by atoms with Crippen LogP contribution in [0, 0.1) is 0 Å². The summed E-state index contributed by atoms with van der Waals surface area (Å²) in [6, 6.07) is 8.09. The smallest absolute Gasteiger partial charge is 0.326 e. The number of hydrogen-bond donors (Lipinski definition) is 4. The Kier molecular flexibility index (Phi) is 5.54. The molecule has 11 heteroatoms. The highest BCUT2D eigenvalue weighted by Gasteiger charge is 2.25. The summed E-state index contributed by atoms with van der Waals surface area (Å²) in [5, 5.41) is 16.8. The highest BCUT2D eigenvalue weighted by atomic mass is 35.5. The molecule has 10 nitrogen and oxygen atoms in total. The zero-order valence-electron chi connectivity index (χ0n) is 19.0. The number of urea groups is 1. The number of amides is 3. The molecule has 3 aromatic rings. The zero-order valence-corrected chi connectivity index (χ0v) is 19.7. The molecule has 3 fully saturated rings. The number of piperazine rings is 1. The van der Waals surface area contributed by atoms with Crippen LogP contribution in [-0.2, 0) is 11.2 Å². The first-order chi connectivity index (χ1) is 17.0. The molecule has 4 heterocycles. The number of aromatic nitrogens is 3. The first-order valence-corrected chi connectivity index (χ1v) is 12.1. The lowest BCUT2D eigenvalue weighted by molar-refractivity contribution is -0.115. The molecule has 3 amide bonds. The Labute approximate surface area is 206 Å². The van der Waals surface area contributed by atoms with E-state index in [1.165, 1.54) is 0 Å². The topological polar surface area (TPSA) is 116 Å². The van der Waals surface area contributed by atoms with Crippen molar-refractivity contribution in [1.82, 2.24) is 30.5 Å². The number of nitrogens with zero attached hydrogens (tertiary/aromatic N) is 4. The standard InChI is InChI=1S/C24H25ClN8O2/c25-19-12-18(32-7-5-26-6-8-32)4-1-14(19)9-17-11-21(28-16-2-3-16)33-22(29-17)15(13-27-33)10-20-23(34)31-24(35)30-20/h1,4,10-13,16,26,28H,2-3,5-9H2,(H2,30,31,34,35)/b20-10-. The quantitative estimate of drug-likeness (QED) is 0.308. The van der Waals surface area contributed by atoms with Crippen molar-refractivity contribution in [3.8, 4) is 0 Å². The predicted octanol–water partition coefficient (Wildman–Crippen LogP) is 2.14. The summed E-state index contributed by atoms with van der Waals surface area (Å²) in [5.74, 6) is 0.365. The van der Waals surface area contributed by atoms with Crippen LogP contribution in [0.2, 0.25) is 5.02 Å². The number of rotatable bonds is 6. The normalized spacial score (nSPS) is 19.3. The highest BCUT2D eigenvalue weighted by molar-refractivity contribution is 6.31. The maximum atomic E-state index is 12.0. The molecule has 35 heavy (non-hydrogen) atoms. The van der Waals surface area contributed by atoms with Gasteiger partial charge in [0.25, 0.3) is 5.91 Å². The molecule has 2 aliphatic heterocycles. The maximum absolute atomic E-state index is 12.0. The molecule has 1 saturated carbocycles. The van der Waals surface area contributed by atoms with E-state index in [2.05, 4.69) is 43.4 Å². The van der Waals surface area contributed by atoms with Crippen molar-refractivity contribution in [1.29, 1.82) is 0 Å². The summed E-state index contributed by atoms with van der Waals surface area (Å²) in [7, 11) is 0. The van der Waals surface area contributed by atoms with E-state index in [1.807, 2.05) is 12.1 Å². The predicted molar refractivity (Wildman–Crippen MR) is 134 cm³/mol. The van der Waals surface area contributed by atoms with Crippen LogP contribution in [0.15, 0.2) is 36.2 Å². The minimum Gasteiger partial charge on any atom is -0.369 e. The fourth-order valence-corrected chi connectivity index (χ4v) is 4.64. The molecule has 2 aromatic heterocycles. The number of nitrogens with one attached hydrogen (secondary N) is 4. The number of fused-ring (bicyclic) bond motifs is 1. The highest BCUT2D eigenvalue weighted by Crippen LogP contribution is 2.29. The molecule has 0 bridgehead atoms. The van der Waals surface area contributed by atoms with Crippen LogP contribution in [0.1, 0.15) is 29.7 Å². The Morgan fingerprint density at radius 2 is 1.97 bits per heavy atom. The molecule has 0 atom stereocenters. The molecule has 4 N–H and O–H groups in total.